The molecule has 0 aromatic heterocycles. The molecular formula is C11H21NO3. The molecule has 0 bridgehead atoms. The first kappa shape index (κ1) is 12.5. The van der Waals surface area contributed by atoms with Crippen molar-refractivity contribution in [1.82, 2.24) is 4.90 Å². The molecule has 0 saturated carbocycles. The predicted octanol–water partition coefficient (Wildman–Crippen LogP) is 0.786. The van der Waals surface area contributed by atoms with Crippen LogP contribution >= 0.6 is 0 Å². The minimum Gasteiger partial charge on any atom is -0.396 e. The van der Waals surface area contributed by atoms with Gasteiger partial charge in [0, 0.05) is 26.3 Å². The average Bonchev–Trinajstić information content (AvgIpc) is 2.27. The van der Waals surface area contributed by atoms with E-state index in [0.29, 0.717) is 19.4 Å². The van der Waals surface area contributed by atoms with Crippen LogP contribution in [0.5, 0.6) is 0 Å². The number of hydrogen-bond donors (Lipinski definition) is 1. The number of aliphatic hydroxyl groups is 1. The van der Waals surface area contributed by atoms with Crippen molar-refractivity contribution in [3.05, 3.63) is 0 Å². The normalized spacial score (nSPS) is 21.7. The van der Waals surface area contributed by atoms with E-state index in [9.17, 15) is 4.79 Å². The molecule has 0 aromatic rings. The Labute approximate surface area is 91.2 Å². The number of methoxy groups -OCH3 is 1. The Kier molecular flexibility index (Phi) is 5.65. The van der Waals surface area contributed by atoms with Crippen molar-refractivity contribution in [1.29, 1.82) is 0 Å². The van der Waals surface area contributed by atoms with Crippen LogP contribution in [0.15, 0.2) is 0 Å². The number of hydrogen-bond acceptors (Lipinski definition) is 3. The van der Waals surface area contributed by atoms with Gasteiger partial charge < -0.3 is 14.7 Å². The first-order chi connectivity index (χ1) is 7.29. The van der Waals surface area contributed by atoms with Crippen molar-refractivity contribution in [2.45, 2.75) is 38.1 Å². The van der Waals surface area contributed by atoms with Crippen LogP contribution in [0.25, 0.3) is 0 Å². The first-order valence-corrected chi connectivity index (χ1v) is 5.69. The number of ether oxygens (including phenoxy) is 1. The molecule has 1 aliphatic rings. The molecule has 1 heterocycles. The summed E-state index contributed by atoms with van der Waals surface area (Å²) in [5, 5.41) is 8.93. The van der Waals surface area contributed by atoms with Gasteiger partial charge in [0.25, 0.3) is 0 Å². The van der Waals surface area contributed by atoms with Gasteiger partial charge in [0.05, 0.1) is 13.0 Å². The summed E-state index contributed by atoms with van der Waals surface area (Å²) in [5.41, 5.74) is 0. The number of likely N-dealkylation sites (tertiary alicyclic amines) is 1. The van der Waals surface area contributed by atoms with E-state index in [4.69, 9.17) is 9.84 Å². The quantitative estimate of drug-likeness (QED) is 0.737. The lowest BCUT2D eigenvalue weighted by Crippen LogP contribution is -2.44. The Morgan fingerprint density at radius 3 is 3.00 bits per heavy atom. The Balaban J connectivity index is 2.43. The zero-order valence-electron chi connectivity index (χ0n) is 9.45. The molecule has 0 aromatic carbocycles. The summed E-state index contributed by atoms with van der Waals surface area (Å²) in [6, 6.07) is 0.244. The molecule has 4 nitrogen and oxygen atoms in total. The van der Waals surface area contributed by atoms with Gasteiger partial charge in [-0.3, -0.25) is 4.79 Å². The zero-order chi connectivity index (χ0) is 11.1. The number of carbonyl (C=O) groups is 1. The molecule has 1 atom stereocenters. The maximum Gasteiger partial charge on any atom is 0.225 e. The molecule has 1 fully saturated rings. The monoisotopic (exact) mass is 215 g/mol. The van der Waals surface area contributed by atoms with Gasteiger partial charge >= 0.3 is 0 Å². The number of nitrogens with zero attached hydrogens (tertiary/aromatic N) is 1. The van der Waals surface area contributed by atoms with Crippen molar-refractivity contribution in [3.8, 4) is 0 Å². The third-order valence-electron chi connectivity index (χ3n) is 2.93. The van der Waals surface area contributed by atoms with Gasteiger partial charge in [0.15, 0.2) is 0 Å². The van der Waals surface area contributed by atoms with Gasteiger partial charge in [-0.15, -0.1) is 0 Å². The molecule has 0 radical (unpaired) electrons. The largest absolute Gasteiger partial charge is 0.396 e. The second-order valence-electron chi connectivity index (χ2n) is 3.99. The molecule has 4 heteroatoms. The maximum atomic E-state index is 11.8. The van der Waals surface area contributed by atoms with E-state index in [0.717, 1.165) is 19.4 Å². The van der Waals surface area contributed by atoms with E-state index >= 15 is 0 Å². The van der Waals surface area contributed by atoms with Crippen LogP contribution in [0.1, 0.15) is 32.1 Å². The van der Waals surface area contributed by atoms with Crippen molar-refractivity contribution in [2.24, 2.45) is 0 Å². The molecule has 88 valence electrons. The second-order valence-corrected chi connectivity index (χ2v) is 3.99. The van der Waals surface area contributed by atoms with E-state index < -0.39 is 0 Å². The summed E-state index contributed by atoms with van der Waals surface area (Å²) in [7, 11) is 1.61. The molecule has 1 amide bonds. The van der Waals surface area contributed by atoms with Gasteiger partial charge in [-0.2, -0.15) is 0 Å². The highest BCUT2D eigenvalue weighted by molar-refractivity contribution is 5.76. The molecule has 1 rings (SSSR count). The van der Waals surface area contributed by atoms with E-state index in [2.05, 4.69) is 0 Å². The van der Waals surface area contributed by atoms with E-state index in [1.807, 2.05) is 4.90 Å². The molecular weight excluding hydrogens is 194 g/mol. The van der Waals surface area contributed by atoms with Crippen LogP contribution in [0, 0.1) is 0 Å². The zero-order valence-corrected chi connectivity index (χ0v) is 9.45. The Morgan fingerprint density at radius 2 is 2.33 bits per heavy atom. The van der Waals surface area contributed by atoms with Crippen LogP contribution in [-0.2, 0) is 9.53 Å². The molecule has 0 aliphatic carbocycles. The Morgan fingerprint density at radius 1 is 1.53 bits per heavy atom. The fourth-order valence-corrected chi connectivity index (χ4v) is 2.11. The predicted molar refractivity (Wildman–Crippen MR) is 57.5 cm³/mol. The highest BCUT2D eigenvalue weighted by atomic mass is 16.5. The topological polar surface area (TPSA) is 49.8 Å². The lowest BCUT2D eigenvalue weighted by Gasteiger charge is -2.35. The molecule has 0 spiro atoms. The number of carbonyl (C=O) groups excluding carboxylic acids is 1. The smallest absolute Gasteiger partial charge is 0.225 e. The molecule has 1 N–H and O–H groups in total. The third-order valence-corrected chi connectivity index (χ3v) is 2.93. The lowest BCUT2D eigenvalue weighted by atomic mass is 9.99. The minimum atomic E-state index is 0.162. The van der Waals surface area contributed by atoms with Gasteiger partial charge in [0.1, 0.15) is 0 Å². The van der Waals surface area contributed by atoms with Crippen LogP contribution in [0.4, 0.5) is 0 Å². The van der Waals surface area contributed by atoms with E-state index in [1.165, 1.54) is 6.42 Å². The Bertz CT molecular complexity index is 194. The standard InChI is InChI=1S/C11H21NO3/c1-15-9-6-11(14)12-7-3-2-4-10(12)5-8-13/h10,13H,2-9H2,1H3. The van der Waals surface area contributed by atoms with Crippen LogP contribution in [-0.4, -0.2) is 48.8 Å². The summed E-state index contributed by atoms with van der Waals surface area (Å²) >= 11 is 0. The maximum absolute atomic E-state index is 11.8. The lowest BCUT2D eigenvalue weighted by molar-refractivity contribution is -0.136. The number of rotatable bonds is 5. The highest BCUT2D eigenvalue weighted by Crippen LogP contribution is 2.20. The number of piperidine rings is 1. The van der Waals surface area contributed by atoms with Crippen molar-refractivity contribution >= 4 is 5.91 Å². The van der Waals surface area contributed by atoms with E-state index in [-0.39, 0.29) is 18.6 Å². The number of aliphatic hydroxyl groups excluding tert-OH is 1. The summed E-state index contributed by atoms with van der Waals surface area (Å²) in [6.07, 6.45) is 4.44. The highest BCUT2D eigenvalue weighted by Gasteiger charge is 2.25. The molecule has 1 saturated heterocycles. The number of amides is 1. The van der Waals surface area contributed by atoms with Gasteiger partial charge in [0.2, 0.25) is 5.91 Å². The summed E-state index contributed by atoms with van der Waals surface area (Å²) in [4.78, 5) is 13.7. The van der Waals surface area contributed by atoms with Gasteiger partial charge in [-0.05, 0) is 25.7 Å². The second kappa shape index (κ2) is 6.80. The Hall–Kier alpha value is -0.610. The van der Waals surface area contributed by atoms with Crippen LogP contribution in [0.3, 0.4) is 0 Å². The first-order valence-electron chi connectivity index (χ1n) is 5.69. The average molecular weight is 215 g/mol. The molecule has 1 aliphatic heterocycles. The fourth-order valence-electron chi connectivity index (χ4n) is 2.11. The van der Waals surface area contributed by atoms with Crippen LogP contribution < -0.4 is 0 Å². The van der Waals surface area contributed by atoms with Crippen molar-refractivity contribution in [2.75, 3.05) is 26.9 Å². The SMILES string of the molecule is COCCC(=O)N1CCCCC1CCO. The van der Waals surface area contributed by atoms with Crippen molar-refractivity contribution in [3.63, 3.8) is 0 Å². The summed E-state index contributed by atoms with van der Waals surface area (Å²) in [6.45, 7) is 1.49. The molecule has 1 unspecified atom stereocenters. The summed E-state index contributed by atoms with van der Waals surface area (Å²) < 4.78 is 4.90. The minimum absolute atomic E-state index is 0.162. The third kappa shape index (κ3) is 3.80. The fraction of sp³-hybridized carbons (Fsp3) is 0.909. The van der Waals surface area contributed by atoms with Gasteiger partial charge in [-0.1, -0.05) is 0 Å². The van der Waals surface area contributed by atoms with Gasteiger partial charge in [-0.25, -0.2) is 0 Å². The van der Waals surface area contributed by atoms with E-state index in [1.54, 1.807) is 7.11 Å². The van der Waals surface area contributed by atoms with Crippen molar-refractivity contribution < 1.29 is 14.6 Å². The van der Waals surface area contributed by atoms with Crippen LogP contribution in [0.2, 0.25) is 0 Å². The molecule has 15 heavy (non-hydrogen) atoms. The summed E-state index contributed by atoms with van der Waals surface area (Å²) in [5.74, 6) is 0.162.